The first-order valence-electron chi connectivity index (χ1n) is 5.64. The fourth-order valence-electron chi connectivity index (χ4n) is 1.20. The summed E-state index contributed by atoms with van der Waals surface area (Å²) in [5, 5.41) is 2.73. The molecule has 0 aliphatic carbocycles. The smallest absolute Gasteiger partial charge is 0.242 e. The van der Waals surface area contributed by atoms with Crippen LogP contribution in [0.4, 0.5) is 0 Å². The average molecular weight is 245 g/mol. The lowest BCUT2D eigenvalue weighted by molar-refractivity contribution is -0.136. The van der Waals surface area contributed by atoms with Crippen LogP contribution in [0.1, 0.15) is 13.8 Å². The number of carbonyl (C=O) groups excluding carboxylic acids is 2. The summed E-state index contributed by atoms with van der Waals surface area (Å²) in [7, 11) is 3.02. The number of nitrogens with two attached hydrogens (primary N) is 1. The highest BCUT2D eigenvalue weighted by Gasteiger charge is 2.19. The molecule has 6 nitrogen and oxygen atoms in total. The van der Waals surface area contributed by atoms with Crippen molar-refractivity contribution in [3.05, 3.63) is 0 Å². The lowest BCUT2D eigenvalue weighted by atomic mass is 10.2. The maximum atomic E-state index is 11.6. The molecule has 0 rings (SSSR count). The van der Waals surface area contributed by atoms with Crippen LogP contribution in [0.5, 0.6) is 0 Å². The number of hydrogen-bond acceptors (Lipinski definition) is 4. The zero-order valence-corrected chi connectivity index (χ0v) is 11.0. The number of nitrogens with one attached hydrogen (secondary N) is 1. The van der Waals surface area contributed by atoms with Gasteiger partial charge in [-0.25, -0.2) is 0 Å². The molecule has 17 heavy (non-hydrogen) atoms. The number of rotatable bonds is 7. The van der Waals surface area contributed by atoms with Crippen molar-refractivity contribution in [2.75, 3.05) is 33.9 Å². The van der Waals surface area contributed by atoms with E-state index in [0.717, 1.165) is 0 Å². The van der Waals surface area contributed by atoms with E-state index in [-0.39, 0.29) is 25.0 Å². The second-order valence-corrected chi connectivity index (χ2v) is 4.45. The molecule has 0 radical (unpaired) electrons. The number of hydrogen-bond donors (Lipinski definition) is 2. The highest BCUT2D eigenvalue weighted by Crippen LogP contribution is 1.92. The lowest BCUT2D eigenvalue weighted by Crippen LogP contribution is -2.48. The van der Waals surface area contributed by atoms with E-state index in [2.05, 4.69) is 5.32 Å². The van der Waals surface area contributed by atoms with Gasteiger partial charge in [-0.1, -0.05) is 13.8 Å². The summed E-state index contributed by atoms with van der Waals surface area (Å²) in [4.78, 5) is 24.4. The minimum atomic E-state index is -0.720. The van der Waals surface area contributed by atoms with Gasteiger partial charge >= 0.3 is 0 Å². The third kappa shape index (κ3) is 6.91. The van der Waals surface area contributed by atoms with Crippen molar-refractivity contribution in [1.29, 1.82) is 0 Å². The van der Waals surface area contributed by atoms with Crippen LogP contribution in [0, 0.1) is 5.92 Å². The molecule has 3 N–H and O–H groups in total. The molecule has 1 atom stereocenters. The van der Waals surface area contributed by atoms with Crippen molar-refractivity contribution >= 4 is 11.8 Å². The molecule has 0 saturated carbocycles. The van der Waals surface area contributed by atoms with Crippen LogP contribution in [0.25, 0.3) is 0 Å². The van der Waals surface area contributed by atoms with Crippen LogP contribution in [0.2, 0.25) is 0 Å². The van der Waals surface area contributed by atoms with E-state index < -0.39 is 6.04 Å². The molecule has 0 aromatic heterocycles. The van der Waals surface area contributed by atoms with E-state index in [1.807, 2.05) is 13.8 Å². The second kappa shape index (κ2) is 8.03. The second-order valence-electron chi connectivity index (χ2n) is 4.45. The van der Waals surface area contributed by atoms with Gasteiger partial charge in [-0.2, -0.15) is 0 Å². The third-order valence-electron chi connectivity index (χ3n) is 2.13. The van der Waals surface area contributed by atoms with Crippen LogP contribution in [-0.4, -0.2) is 56.6 Å². The third-order valence-corrected chi connectivity index (χ3v) is 2.13. The van der Waals surface area contributed by atoms with Gasteiger partial charge in [-0.3, -0.25) is 9.59 Å². The number of ether oxygens (including phenoxy) is 1. The van der Waals surface area contributed by atoms with Crippen molar-refractivity contribution < 1.29 is 14.3 Å². The van der Waals surface area contributed by atoms with E-state index in [0.29, 0.717) is 12.5 Å². The van der Waals surface area contributed by atoms with Gasteiger partial charge in [0.25, 0.3) is 0 Å². The van der Waals surface area contributed by atoms with Gasteiger partial charge in [0.2, 0.25) is 11.8 Å². The highest BCUT2D eigenvalue weighted by atomic mass is 16.5. The Morgan fingerprint density at radius 1 is 1.41 bits per heavy atom. The molecule has 0 fully saturated rings. The Labute approximate surface area is 102 Å². The zero-order chi connectivity index (χ0) is 13.4. The first-order chi connectivity index (χ1) is 7.88. The van der Waals surface area contributed by atoms with Crippen molar-refractivity contribution in [2.45, 2.75) is 19.9 Å². The standard InChI is InChI=1S/C11H23N3O3/c1-8(2)5-13-10(15)6-14(3)11(16)9(12)7-17-4/h8-9H,5-7,12H2,1-4H3,(H,13,15). The molecule has 0 aromatic carbocycles. The molecule has 1 unspecified atom stereocenters. The maximum Gasteiger partial charge on any atom is 0.242 e. The summed E-state index contributed by atoms with van der Waals surface area (Å²) in [6.45, 7) is 4.78. The predicted molar refractivity (Wildman–Crippen MR) is 65.3 cm³/mol. The Morgan fingerprint density at radius 3 is 2.47 bits per heavy atom. The first kappa shape index (κ1) is 15.9. The topological polar surface area (TPSA) is 84.7 Å². The van der Waals surface area contributed by atoms with Crippen molar-refractivity contribution in [3.63, 3.8) is 0 Å². The van der Waals surface area contributed by atoms with Crippen LogP contribution < -0.4 is 11.1 Å². The molecule has 6 heteroatoms. The number of carbonyl (C=O) groups is 2. The van der Waals surface area contributed by atoms with E-state index >= 15 is 0 Å². The quantitative estimate of drug-likeness (QED) is 0.614. The summed E-state index contributed by atoms with van der Waals surface area (Å²) >= 11 is 0. The maximum absolute atomic E-state index is 11.6. The SMILES string of the molecule is COCC(N)C(=O)N(C)CC(=O)NCC(C)C. The van der Waals surface area contributed by atoms with E-state index in [1.165, 1.54) is 12.0 Å². The van der Waals surface area contributed by atoms with E-state index in [4.69, 9.17) is 10.5 Å². The van der Waals surface area contributed by atoms with Crippen LogP contribution in [0.3, 0.4) is 0 Å². The van der Waals surface area contributed by atoms with Crippen molar-refractivity contribution in [1.82, 2.24) is 10.2 Å². The van der Waals surface area contributed by atoms with Gasteiger partial charge in [0.1, 0.15) is 6.04 Å². The Balaban J connectivity index is 4.02. The Bertz CT molecular complexity index is 256. The minimum Gasteiger partial charge on any atom is -0.383 e. The normalized spacial score (nSPS) is 12.4. The molecule has 2 amide bonds. The van der Waals surface area contributed by atoms with E-state index in [1.54, 1.807) is 7.05 Å². The summed E-state index contributed by atoms with van der Waals surface area (Å²) in [5.41, 5.74) is 5.58. The zero-order valence-electron chi connectivity index (χ0n) is 11.0. The summed E-state index contributed by atoms with van der Waals surface area (Å²) < 4.78 is 4.79. The first-order valence-corrected chi connectivity index (χ1v) is 5.64. The monoisotopic (exact) mass is 245 g/mol. The summed E-state index contributed by atoms with van der Waals surface area (Å²) in [6, 6.07) is -0.720. The van der Waals surface area contributed by atoms with E-state index in [9.17, 15) is 9.59 Å². The number of methoxy groups -OCH3 is 1. The molecule has 0 aliphatic rings. The Morgan fingerprint density at radius 2 is 2.00 bits per heavy atom. The fraction of sp³-hybridized carbons (Fsp3) is 0.818. The number of likely N-dealkylation sites (N-methyl/N-ethyl adjacent to an activating group) is 1. The predicted octanol–water partition coefficient (Wildman–Crippen LogP) is -0.809. The van der Waals surface area contributed by atoms with Gasteiger partial charge < -0.3 is 20.7 Å². The molecule has 0 bridgehead atoms. The fourth-order valence-corrected chi connectivity index (χ4v) is 1.20. The van der Waals surface area contributed by atoms with Crippen molar-refractivity contribution in [3.8, 4) is 0 Å². The Kier molecular flexibility index (Phi) is 7.49. The number of amides is 2. The largest absolute Gasteiger partial charge is 0.383 e. The summed E-state index contributed by atoms with van der Waals surface area (Å²) in [6.07, 6.45) is 0. The lowest BCUT2D eigenvalue weighted by Gasteiger charge is -2.20. The van der Waals surface area contributed by atoms with Gasteiger partial charge in [0, 0.05) is 20.7 Å². The number of nitrogens with zero attached hydrogens (tertiary/aromatic N) is 1. The molecule has 0 aromatic rings. The van der Waals surface area contributed by atoms with Gasteiger partial charge in [0.05, 0.1) is 13.2 Å². The van der Waals surface area contributed by atoms with Crippen LogP contribution in [0.15, 0.2) is 0 Å². The Hall–Kier alpha value is -1.14. The molecular formula is C11H23N3O3. The molecule has 0 heterocycles. The molecule has 0 aliphatic heterocycles. The highest BCUT2D eigenvalue weighted by molar-refractivity contribution is 5.87. The molecule has 100 valence electrons. The molecule has 0 saturated heterocycles. The molecule has 0 spiro atoms. The van der Waals surface area contributed by atoms with Crippen LogP contribution in [-0.2, 0) is 14.3 Å². The molecular weight excluding hydrogens is 222 g/mol. The van der Waals surface area contributed by atoms with Gasteiger partial charge in [-0.15, -0.1) is 0 Å². The summed E-state index contributed by atoms with van der Waals surface area (Å²) in [5.74, 6) is -0.0959. The van der Waals surface area contributed by atoms with Crippen LogP contribution >= 0.6 is 0 Å². The minimum absolute atomic E-state index is 0.0168. The van der Waals surface area contributed by atoms with Gasteiger partial charge in [0.15, 0.2) is 0 Å². The average Bonchev–Trinajstić information content (AvgIpc) is 2.25. The van der Waals surface area contributed by atoms with Crippen molar-refractivity contribution in [2.24, 2.45) is 11.7 Å². The van der Waals surface area contributed by atoms with Gasteiger partial charge in [-0.05, 0) is 5.92 Å².